The predicted molar refractivity (Wildman–Crippen MR) is 53.8 cm³/mol. The molecule has 1 rings (SSSR count). The standard InChI is InChI=1S/C11H20O3/c1-4-14-10(12)11(13)7-8(2)5-6-9(11)3/h8-9,13H,4-7H2,1-3H3. The largest absolute Gasteiger partial charge is 0.464 e. The first-order chi connectivity index (χ1) is 6.50. The average Bonchev–Trinajstić information content (AvgIpc) is 2.12. The van der Waals surface area contributed by atoms with Crippen LogP contribution in [0.4, 0.5) is 0 Å². The van der Waals surface area contributed by atoms with E-state index in [0.717, 1.165) is 12.8 Å². The Morgan fingerprint density at radius 3 is 2.71 bits per heavy atom. The van der Waals surface area contributed by atoms with Gasteiger partial charge >= 0.3 is 5.97 Å². The van der Waals surface area contributed by atoms with E-state index in [1.54, 1.807) is 6.92 Å². The molecule has 3 heteroatoms. The zero-order chi connectivity index (χ0) is 10.8. The molecule has 3 unspecified atom stereocenters. The molecule has 14 heavy (non-hydrogen) atoms. The summed E-state index contributed by atoms with van der Waals surface area (Å²) >= 11 is 0. The molecule has 0 aromatic carbocycles. The number of ether oxygens (including phenoxy) is 1. The highest BCUT2D eigenvalue weighted by atomic mass is 16.5. The van der Waals surface area contributed by atoms with Crippen LogP contribution < -0.4 is 0 Å². The van der Waals surface area contributed by atoms with Gasteiger partial charge in [0.05, 0.1) is 6.61 Å². The van der Waals surface area contributed by atoms with Gasteiger partial charge in [0.2, 0.25) is 0 Å². The topological polar surface area (TPSA) is 46.5 Å². The van der Waals surface area contributed by atoms with Crippen molar-refractivity contribution in [2.24, 2.45) is 11.8 Å². The first kappa shape index (κ1) is 11.5. The van der Waals surface area contributed by atoms with Crippen molar-refractivity contribution in [2.45, 2.75) is 45.6 Å². The fraction of sp³-hybridized carbons (Fsp3) is 0.909. The number of hydrogen-bond donors (Lipinski definition) is 1. The van der Waals surface area contributed by atoms with E-state index in [1.165, 1.54) is 0 Å². The van der Waals surface area contributed by atoms with E-state index in [4.69, 9.17) is 4.74 Å². The molecule has 1 aliphatic carbocycles. The van der Waals surface area contributed by atoms with Crippen LogP contribution in [0.5, 0.6) is 0 Å². The van der Waals surface area contributed by atoms with Crippen molar-refractivity contribution in [2.75, 3.05) is 6.61 Å². The third kappa shape index (κ3) is 2.08. The normalized spacial score (nSPS) is 38.0. The van der Waals surface area contributed by atoms with Crippen LogP contribution >= 0.6 is 0 Å². The SMILES string of the molecule is CCOC(=O)C1(O)CC(C)CCC1C. The van der Waals surface area contributed by atoms with Crippen molar-refractivity contribution in [3.05, 3.63) is 0 Å². The molecule has 1 aliphatic rings. The van der Waals surface area contributed by atoms with E-state index in [0.29, 0.717) is 18.9 Å². The maximum atomic E-state index is 11.6. The Morgan fingerprint density at radius 2 is 2.14 bits per heavy atom. The van der Waals surface area contributed by atoms with E-state index in [9.17, 15) is 9.90 Å². The third-order valence-corrected chi connectivity index (χ3v) is 3.20. The van der Waals surface area contributed by atoms with Crippen molar-refractivity contribution in [3.63, 3.8) is 0 Å². The van der Waals surface area contributed by atoms with Gasteiger partial charge in [-0.2, -0.15) is 0 Å². The van der Waals surface area contributed by atoms with Gasteiger partial charge in [-0.05, 0) is 31.6 Å². The van der Waals surface area contributed by atoms with Crippen LogP contribution in [0.15, 0.2) is 0 Å². The maximum Gasteiger partial charge on any atom is 0.338 e. The Labute approximate surface area is 85.5 Å². The molecule has 1 fully saturated rings. The monoisotopic (exact) mass is 200 g/mol. The Bertz CT molecular complexity index is 215. The van der Waals surface area contributed by atoms with Gasteiger partial charge in [-0.1, -0.05) is 20.3 Å². The summed E-state index contributed by atoms with van der Waals surface area (Å²) in [6, 6.07) is 0. The van der Waals surface area contributed by atoms with Gasteiger partial charge in [0.1, 0.15) is 0 Å². The van der Waals surface area contributed by atoms with E-state index in [-0.39, 0.29) is 5.92 Å². The lowest BCUT2D eigenvalue weighted by atomic mass is 9.72. The number of carbonyl (C=O) groups excluding carboxylic acids is 1. The predicted octanol–water partition coefficient (Wildman–Crippen LogP) is 1.74. The molecular weight excluding hydrogens is 180 g/mol. The van der Waals surface area contributed by atoms with Crippen LogP contribution in [0.2, 0.25) is 0 Å². The minimum atomic E-state index is -1.24. The van der Waals surface area contributed by atoms with Crippen molar-refractivity contribution in [1.82, 2.24) is 0 Å². The highest BCUT2D eigenvalue weighted by Gasteiger charge is 2.46. The molecule has 0 amide bonds. The minimum Gasteiger partial charge on any atom is -0.464 e. The molecule has 0 heterocycles. The van der Waals surface area contributed by atoms with E-state index < -0.39 is 11.6 Å². The summed E-state index contributed by atoms with van der Waals surface area (Å²) in [5.41, 5.74) is -1.24. The molecule has 0 saturated heterocycles. The minimum absolute atomic E-state index is 0.0118. The molecule has 3 nitrogen and oxygen atoms in total. The number of hydrogen-bond acceptors (Lipinski definition) is 3. The molecule has 1 saturated carbocycles. The van der Waals surface area contributed by atoms with Crippen LogP contribution in [0, 0.1) is 11.8 Å². The second kappa shape index (κ2) is 4.30. The van der Waals surface area contributed by atoms with Gasteiger partial charge in [-0.15, -0.1) is 0 Å². The molecule has 0 radical (unpaired) electrons. The summed E-state index contributed by atoms with van der Waals surface area (Å²) < 4.78 is 4.91. The summed E-state index contributed by atoms with van der Waals surface area (Å²) in [4.78, 5) is 11.6. The average molecular weight is 200 g/mol. The fourth-order valence-corrected chi connectivity index (χ4v) is 2.15. The lowest BCUT2D eigenvalue weighted by molar-refractivity contribution is -0.176. The number of carbonyl (C=O) groups is 1. The van der Waals surface area contributed by atoms with Crippen LogP contribution in [-0.2, 0) is 9.53 Å². The van der Waals surface area contributed by atoms with Gasteiger partial charge < -0.3 is 9.84 Å². The second-order valence-corrected chi connectivity index (χ2v) is 4.43. The molecule has 3 atom stereocenters. The van der Waals surface area contributed by atoms with Gasteiger partial charge in [-0.25, -0.2) is 4.79 Å². The first-order valence-corrected chi connectivity index (χ1v) is 5.40. The van der Waals surface area contributed by atoms with Crippen LogP contribution in [0.3, 0.4) is 0 Å². The summed E-state index contributed by atoms with van der Waals surface area (Å²) in [7, 11) is 0. The first-order valence-electron chi connectivity index (χ1n) is 5.40. The van der Waals surface area contributed by atoms with Crippen molar-refractivity contribution < 1.29 is 14.6 Å². The second-order valence-electron chi connectivity index (χ2n) is 4.43. The highest BCUT2D eigenvalue weighted by molar-refractivity contribution is 5.79. The molecule has 1 N–H and O–H groups in total. The van der Waals surface area contributed by atoms with Crippen LogP contribution in [0.25, 0.3) is 0 Å². The fourth-order valence-electron chi connectivity index (χ4n) is 2.15. The van der Waals surface area contributed by atoms with Crippen molar-refractivity contribution >= 4 is 5.97 Å². The summed E-state index contributed by atoms with van der Waals surface area (Å²) in [5, 5.41) is 10.2. The van der Waals surface area contributed by atoms with Crippen LogP contribution in [0.1, 0.15) is 40.0 Å². The third-order valence-electron chi connectivity index (χ3n) is 3.20. The van der Waals surface area contributed by atoms with Gasteiger partial charge in [-0.3, -0.25) is 0 Å². The van der Waals surface area contributed by atoms with Crippen LogP contribution in [-0.4, -0.2) is 23.3 Å². The number of rotatable bonds is 2. The van der Waals surface area contributed by atoms with Gasteiger partial charge in [0.25, 0.3) is 0 Å². The molecule has 82 valence electrons. The lowest BCUT2D eigenvalue weighted by Gasteiger charge is -2.38. The summed E-state index contributed by atoms with van der Waals surface area (Å²) in [5.74, 6) is -0.0302. The number of aliphatic hydroxyl groups is 1. The van der Waals surface area contributed by atoms with Crippen molar-refractivity contribution in [3.8, 4) is 0 Å². The maximum absolute atomic E-state index is 11.6. The van der Waals surface area contributed by atoms with E-state index >= 15 is 0 Å². The zero-order valence-electron chi connectivity index (χ0n) is 9.25. The summed E-state index contributed by atoms with van der Waals surface area (Å²) in [6.45, 7) is 6.08. The molecule has 0 aromatic rings. The Kier molecular flexibility index (Phi) is 3.53. The van der Waals surface area contributed by atoms with Gasteiger partial charge in [0, 0.05) is 0 Å². The Morgan fingerprint density at radius 1 is 1.50 bits per heavy atom. The number of esters is 1. The smallest absolute Gasteiger partial charge is 0.338 e. The molecule has 0 aromatic heterocycles. The van der Waals surface area contributed by atoms with E-state index in [1.807, 2.05) is 6.92 Å². The molecule has 0 aliphatic heterocycles. The quantitative estimate of drug-likeness (QED) is 0.691. The molecular formula is C11H20O3. The zero-order valence-corrected chi connectivity index (χ0v) is 9.25. The van der Waals surface area contributed by atoms with Crippen molar-refractivity contribution in [1.29, 1.82) is 0 Å². The molecule has 0 spiro atoms. The lowest BCUT2D eigenvalue weighted by Crippen LogP contribution is -2.49. The van der Waals surface area contributed by atoms with E-state index in [2.05, 4.69) is 6.92 Å². The summed E-state index contributed by atoms with van der Waals surface area (Å²) in [6.07, 6.45) is 2.52. The highest BCUT2D eigenvalue weighted by Crippen LogP contribution is 2.37. The Balaban J connectivity index is 2.72. The van der Waals surface area contributed by atoms with Gasteiger partial charge in [0.15, 0.2) is 5.60 Å². The molecule has 0 bridgehead atoms. The Hall–Kier alpha value is -0.570.